The number of ether oxygens (including phenoxy) is 1. The lowest BCUT2D eigenvalue weighted by molar-refractivity contribution is 0.307. The molecule has 0 spiro atoms. The average Bonchev–Trinajstić information content (AvgIpc) is 3.24. The summed E-state index contributed by atoms with van der Waals surface area (Å²) in [5, 5.41) is 17.5. The molecule has 2 aromatic heterocycles. The minimum Gasteiger partial charge on any atom is -0.488 e. The molecular weight excluding hydrogens is 310 g/mol. The molecule has 7 heteroatoms. The van der Waals surface area contributed by atoms with E-state index in [9.17, 15) is 0 Å². The van der Waals surface area contributed by atoms with Crippen LogP contribution in [0.1, 0.15) is 23.8 Å². The molecule has 120 valence electrons. The van der Waals surface area contributed by atoms with Gasteiger partial charge in [0.15, 0.2) is 0 Å². The van der Waals surface area contributed by atoms with Crippen molar-refractivity contribution in [2.45, 2.75) is 33.0 Å². The Hall–Kier alpha value is -2.41. The monoisotopic (exact) mass is 329 g/mol. The molecule has 23 heavy (non-hydrogen) atoms. The summed E-state index contributed by atoms with van der Waals surface area (Å²) in [5.74, 6) is 1.40. The molecule has 1 N–H and O–H groups in total. The fourth-order valence-corrected chi connectivity index (χ4v) is 2.73. The second-order valence-corrected chi connectivity index (χ2v) is 6.07. The highest BCUT2D eigenvalue weighted by Gasteiger charge is 2.06. The zero-order valence-corrected chi connectivity index (χ0v) is 13.8. The van der Waals surface area contributed by atoms with Crippen molar-refractivity contribution in [3.8, 4) is 5.75 Å². The van der Waals surface area contributed by atoms with E-state index in [0.29, 0.717) is 19.1 Å². The van der Waals surface area contributed by atoms with Crippen LogP contribution >= 0.6 is 11.3 Å². The van der Waals surface area contributed by atoms with Gasteiger partial charge in [-0.2, -0.15) is 4.80 Å². The average molecular weight is 329 g/mol. The standard InChI is InChI=1S/C16H19N5OS/c1-2-9-21-19-16(18-20-21)17-11-13-6-3-4-8-15(13)22-12-14-7-5-10-23-14/h3-8,10H,2,9,11-12H2,1H3,(H,17,19). The van der Waals surface area contributed by atoms with Crippen LogP contribution in [0, 0.1) is 0 Å². The number of thiophene rings is 1. The van der Waals surface area contributed by atoms with Gasteiger partial charge in [-0.05, 0) is 29.1 Å². The van der Waals surface area contributed by atoms with Gasteiger partial charge in [0.2, 0.25) is 0 Å². The summed E-state index contributed by atoms with van der Waals surface area (Å²) in [4.78, 5) is 2.80. The predicted octanol–water partition coefficient (Wildman–Crippen LogP) is 3.34. The molecule has 3 rings (SSSR count). The van der Waals surface area contributed by atoms with E-state index in [0.717, 1.165) is 24.3 Å². The van der Waals surface area contributed by atoms with E-state index in [1.54, 1.807) is 16.1 Å². The summed E-state index contributed by atoms with van der Waals surface area (Å²) in [6.45, 7) is 4.03. The van der Waals surface area contributed by atoms with Gasteiger partial charge in [0.05, 0.1) is 6.54 Å². The third-order valence-corrected chi connectivity index (χ3v) is 4.09. The van der Waals surface area contributed by atoms with Crippen LogP contribution in [0.5, 0.6) is 5.75 Å². The highest BCUT2D eigenvalue weighted by Crippen LogP contribution is 2.21. The van der Waals surface area contributed by atoms with Gasteiger partial charge in [-0.15, -0.1) is 16.4 Å². The van der Waals surface area contributed by atoms with Crippen LogP contribution in [-0.2, 0) is 19.7 Å². The Morgan fingerprint density at radius 1 is 1.22 bits per heavy atom. The molecule has 0 fully saturated rings. The minimum atomic E-state index is 0.534. The van der Waals surface area contributed by atoms with Gasteiger partial charge in [0.1, 0.15) is 12.4 Å². The Morgan fingerprint density at radius 2 is 2.13 bits per heavy atom. The van der Waals surface area contributed by atoms with Crippen molar-refractivity contribution in [2.24, 2.45) is 0 Å². The Morgan fingerprint density at radius 3 is 2.96 bits per heavy atom. The molecule has 1 aromatic carbocycles. The summed E-state index contributed by atoms with van der Waals surface area (Å²) in [6.07, 6.45) is 0.981. The molecule has 0 aliphatic carbocycles. The highest BCUT2D eigenvalue weighted by molar-refractivity contribution is 7.09. The first kappa shape index (κ1) is 15.5. The molecule has 0 radical (unpaired) electrons. The normalized spacial score (nSPS) is 10.7. The van der Waals surface area contributed by atoms with E-state index >= 15 is 0 Å². The van der Waals surface area contributed by atoms with Gasteiger partial charge in [0, 0.05) is 17.0 Å². The topological polar surface area (TPSA) is 64.9 Å². The summed E-state index contributed by atoms with van der Waals surface area (Å²) in [6, 6.07) is 12.1. The second-order valence-electron chi connectivity index (χ2n) is 5.04. The molecule has 0 bridgehead atoms. The Bertz CT molecular complexity index is 726. The van der Waals surface area contributed by atoms with Crippen molar-refractivity contribution in [1.82, 2.24) is 20.2 Å². The van der Waals surface area contributed by atoms with E-state index in [-0.39, 0.29) is 0 Å². The quantitative estimate of drug-likeness (QED) is 0.686. The van der Waals surface area contributed by atoms with Gasteiger partial charge < -0.3 is 10.1 Å². The highest BCUT2D eigenvalue weighted by atomic mass is 32.1. The van der Waals surface area contributed by atoms with E-state index in [2.05, 4.69) is 39.1 Å². The van der Waals surface area contributed by atoms with Gasteiger partial charge in [0.25, 0.3) is 5.95 Å². The molecule has 0 amide bonds. The minimum absolute atomic E-state index is 0.534. The maximum absolute atomic E-state index is 5.92. The lowest BCUT2D eigenvalue weighted by Crippen LogP contribution is -2.05. The number of nitrogens with one attached hydrogen (secondary N) is 1. The number of aryl methyl sites for hydroxylation is 1. The van der Waals surface area contributed by atoms with Crippen molar-refractivity contribution >= 4 is 17.3 Å². The van der Waals surface area contributed by atoms with Crippen LogP contribution in [0.3, 0.4) is 0 Å². The molecule has 0 aliphatic rings. The number of hydrogen-bond donors (Lipinski definition) is 1. The van der Waals surface area contributed by atoms with Crippen molar-refractivity contribution in [3.05, 3.63) is 52.2 Å². The zero-order chi connectivity index (χ0) is 15.9. The number of nitrogens with zero attached hydrogens (tertiary/aromatic N) is 4. The van der Waals surface area contributed by atoms with E-state index in [4.69, 9.17) is 4.74 Å². The molecular formula is C16H19N5OS. The van der Waals surface area contributed by atoms with Crippen LogP contribution in [-0.4, -0.2) is 20.2 Å². The van der Waals surface area contributed by atoms with E-state index in [1.807, 2.05) is 30.3 Å². The molecule has 0 aliphatic heterocycles. The third-order valence-electron chi connectivity index (χ3n) is 3.24. The van der Waals surface area contributed by atoms with Gasteiger partial charge >= 0.3 is 0 Å². The smallest absolute Gasteiger partial charge is 0.263 e. The fourth-order valence-electron chi connectivity index (χ4n) is 2.12. The predicted molar refractivity (Wildman–Crippen MR) is 90.5 cm³/mol. The molecule has 0 saturated heterocycles. The Kier molecular flexibility index (Phi) is 5.21. The van der Waals surface area contributed by atoms with E-state index in [1.165, 1.54) is 4.88 Å². The summed E-state index contributed by atoms with van der Waals surface area (Å²) in [7, 11) is 0. The molecule has 6 nitrogen and oxygen atoms in total. The zero-order valence-electron chi connectivity index (χ0n) is 13.0. The van der Waals surface area contributed by atoms with Crippen molar-refractivity contribution in [1.29, 1.82) is 0 Å². The first-order valence-corrected chi connectivity index (χ1v) is 8.48. The van der Waals surface area contributed by atoms with Crippen molar-refractivity contribution in [3.63, 3.8) is 0 Å². The number of benzene rings is 1. The van der Waals surface area contributed by atoms with Crippen LogP contribution < -0.4 is 10.1 Å². The van der Waals surface area contributed by atoms with Crippen LogP contribution in [0.15, 0.2) is 41.8 Å². The fraction of sp³-hybridized carbons (Fsp3) is 0.312. The maximum Gasteiger partial charge on any atom is 0.263 e. The molecule has 3 aromatic rings. The first-order valence-electron chi connectivity index (χ1n) is 7.60. The molecule has 0 atom stereocenters. The number of anilines is 1. The maximum atomic E-state index is 5.92. The summed E-state index contributed by atoms with van der Waals surface area (Å²) >= 11 is 1.69. The van der Waals surface area contributed by atoms with Crippen LogP contribution in [0.4, 0.5) is 5.95 Å². The number of aromatic nitrogens is 4. The van der Waals surface area contributed by atoms with Gasteiger partial charge in [-0.3, -0.25) is 0 Å². The van der Waals surface area contributed by atoms with E-state index < -0.39 is 0 Å². The third kappa shape index (κ3) is 4.29. The lowest BCUT2D eigenvalue weighted by Gasteiger charge is -2.10. The summed E-state index contributed by atoms with van der Waals surface area (Å²) < 4.78 is 5.92. The number of para-hydroxylation sites is 1. The largest absolute Gasteiger partial charge is 0.488 e. The summed E-state index contributed by atoms with van der Waals surface area (Å²) in [5.41, 5.74) is 1.07. The molecule has 0 unspecified atom stereocenters. The van der Waals surface area contributed by atoms with Crippen LogP contribution in [0.2, 0.25) is 0 Å². The first-order chi connectivity index (χ1) is 11.3. The molecule has 2 heterocycles. The lowest BCUT2D eigenvalue weighted by atomic mass is 10.2. The van der Waals surface area contributed by atoms with Gasteiger partial charge in [-0.1, -0.05) is 36.3 Å². The van der Waals surface area contributed by atoms with Crippen LogP contribution in [0.25, 0.3) is 0 Å². The van der Waals surface area contributed by atoms with Crippen molar-refractivity contribution in [2.75, 3.05) is 5.32 Å². The number of tetrazole rings is 1. The Labute approximate surface area is 139 Å². The Balaban J connectivity index is 1.60. The van der Waals surface area contributed by atoms with Gasteiger partial charge in [-0.25, -0.2) is 0 Å². The SMILES string of the molecule is CCCn1nnc(NCc2ccccc2OCc2cccs2)n1. The number of hydrogen-bond acceptors (Lipinski definition) is 6. The molecule has 0 saturated carbocycles. The second kappa shape index (κ2) is 7.73. The van der Waals surface area contributed by atoms with Crippen molar-refractivity contribution < 1.29 is 4.74 Å². The number of rotatable bonds is 8.